The number of carbonyl (C=O) groups is 2. The van der Waals surface area contributed by atoms with Crippen molar-refractivity contribution in [1.82, 2.24) is 15.1 Å². The molecule has 0 bridgehead atoms. The van der Waals surface area contributed by atoms with Crippen molar-refractivity contribution >= 4 is 11.9 Å². The molecule has 2 rings (SSSR count). The van der Waals surface area contributed by atoms with Crippen LogP contribution in [0.1, 0.15) is 38.9 Å². The molecule has 1 unspecified atom stereocenters. The largest absolute Gasteiger partial charge is 0.479 e. The maximum atomic E-state index is 12.3. The van der Waals surface area contributed by atoms with Gasteiger partial charge in [-0.05, 0) is 32.4 Å². The minimum absolute atomic E-state index is 0.327. The first-order valence-electron chi connectivity index (χ1n) is 6.90. The normalized spacial score (nSPS) is 12.0. The van der Waals surface area contributed by atoms with Gasteiger partial charge in [0.15, 0.2) is 6.04 Å². The Balaban J connectivity index is 2.31. The number of benzene rings is 1. The number of aryl methyl sites for hydroxylation is 4. The van der Waals surface area contributed by atoms with Crippen LogP contribution in [0.25, 0.3) is 0 Å². The number of amides is 1. The molecule has 1 aromatic heterocycles. The predicted octanol–water partition coefficient (Wildman–Crippen LogP) is 1.90. The highest BCUT2D eigenvalue weighted by Gasteiger charge is 2.24. The lowest BCUT2D eigenvalue weighted by atomic mass is 10.0. The maximum Gasteiger partial charge on any atom is 0.330 e. The average molecular weight is 301 g/mol. The molecule has 1 amide bonds. The summed E-state index contributed by atoms with van der Waals surface area (Å²) in [5.41, 5.74) is 3.48. The van der Waals surface area contributed by atoms with E-state index in [1.165, 1.54) is 4.68 Å². The van der Waals surface area contributed by atoms with Gasteiger partial charge in [0.25, 0.3) is 5.91 Å². The second-order valence-corrected chi connectivity index (χ2v) is 5.46. The Morgan fingerprint density at radius 3 is 2.18 bits per heavy atom. The second kappa shape index (κ2) is 6.01. The summed E-state index contributed by atoms with van der Waals surface area (Å²) in [4.78, 5) is 23.8. The lowest BCUT2D eigenvalue weighted by Crippen LogP contribution is -2.34. The topological polar surface area (TPSA) is 84.2 Å². The molecule has 1 atom stereocenters. The zero-order valence-electron chi connectivity index (χ0n) is 13.0. The van der Waals surface area contributed by atoms with Gasteiger partial charge < -0.3 is 10.4 Å². The van der Waals surface area contributed by atoms with E-state index in [4.69, 9.17) is 0 Å². The van der Waals surface area contributed by atoms with E-state index in [2.05, 4.69) is 10.4 Å². The summed E-state index contributed by atoms with van der Waals surface area (Å²) < 4.78 is 1.44. The van der Waals surface area contributed by atoms with Crippen LogP contribution in [0.4, 0.5) is 0 Å². The molecule has 0 aliphatic heterocycles. The Hall–Kier alpha value is -2.63. The SMILES string of the molecule is Cc1cc(C)cc(C(NC(=O)c2cc(C)nn2C)C(=O)O)c1. The third-order valence-corrected chi connectivity index (χ3v) is 3.33. The van der Waals surface area contributed by atoms with Crippen LogP contribution in [0.3, 0.4) is 0 Å². The Kier molecular flexibility index (Phi) is 4.30. The standard InChI is InChI=1S/C16H19N3O3/c1-9-5-10(2)7-12(6-9)14(16(21)22)17-15(20)13-8-11(3)18-19(13)4/h5-8,14H,1-4H3,(H,17,20)(H,21,22). The van der Waals surface area contributed by atoms with Gasteiger partial charge in [-0.15, -0.1) is 0 Å². The quantitative estimate of drug-likeness (QED) is 0.903. The van der Waals surface area contributed by atoms with E-state index >= 15 is 0 Å². The number of rotatable bonds is 4. The minimum atomic E-state index is -1.10. The van der Waals surface area contributed by atoms with Gasteiger partial charge in [0.1, 0.15) is 5.69 Å². The number of hydrogen-bond donors (Lipinski definition) is 2. The molecule has 0 saturated heterocycles. The fourth-order valence-electron chi connectivity index (χ4n) is 2.49. The lowest BCUT2D eigenvalue weighted by Gasteiger charge is -2.16. The van der Waals surface area contributed by atoms with Crippen LogP contribution in [0.15, 0.2) is 24.3 Å². The number of carboxylic acids is 1. The van der Waals surface area contributed by atoms with Crippen LogP contribution >= 0.6 is 0 Å². The predicted molar refractivity (Wildman–Crippen MR) is 81.7 cm³/mol. The van der Waals surface area contributed by atoms with E-state index in [9.17, 15) is 14.7 Å². The summed E-state index contributed by atoms with van der Waals surface area (Å²) >= 11 is 0. The fourth-order valence-corrected chi connectivity index (χ4v) is 2.49. The van der Waals surface area contributed by atoms with Gasteiger partial charge in [-0.25, -0.2) is 4.79 Å². The maximum absolute atomic E-state index is 12.3. The monoisotopic (exact) mass is 301 g/mol. The summed E-state index contributed by atoms with van der Waals surface area (Å²) in [5.74, 6) is -1.56. The van der Waals surface area contributed by atoms with E-state index in [0.717, 1.165) is 11.1 Å². The second-order valence-electron chi connectivity index (χ2n) is 5.46. The number of hydrogen-bond acceptors (Lipinski definition) is 3. The Morgan fingerprint density at radius 1 is 1.14 bits per heavy atom. The van der Waals surface area contributed by atoms with E-state index in [-0.39, 0.29) is 0 Å². The van der Waals surface area contributed by atoms with Crippen LogP contribution in [-0.2, 0) is 11.8 Å². The first-order chi connectivity index (χ1) is 10.3. The Labute approximate surface area is 128 Å². The molecule has 2 N–H and O–H groups in total. The molecule has 22 heavy (non-hydrogen) atoms. The molecular formula is C16H19N3O3. The van der Waals surface area contributed by atoms with Gasteiger partial charge in [-0.3, -0.25) is 9.48 Å². The summed E-state index contributed by atoms with van der Waals surface area (Å²) in [5, 5.41) is 16.1. The molecule has 6 nitrogen and oxygen atoms in total. The molecule has 0 fully saturated rings. The van der Waals surface area contributed by atoms with E-state index in [1.54, 1.807) is 32.2 Å². The van der Waals surface area contributed by atoms with Crippen molar-refractivity contribution in [2.75, 3.05) is 0 Å². The molecule has 0 aliphatic carbocycles. The average Bonchev–Trinajstić information content (AvgIpc) is 2.73. The van der Waals surface area contributed by atoms with E-state index in [1.807, 2.05) is 19.9 Å². The molecule has 2 aromatic rings. The van der Waals surface area contributed by atoms with Gasteiger partial charge in [0, 0.05) is 7.05 Å². The van der Waals surface area contributed by atoms with E-state index < -0.39 is 17.9 Å². The number of carbonyl (C=O) groups excluding carboxylic acids is 1. The van der Waals surface area contributed by atoms with Crippen molar-refractivity contribution < 1.29 is 14.7 Å². The molecule has 0 radical (unpaired) electrons. The van der Waals surface area contributed by atoms with Crippen molar-refractivity contribution in [3.05, 3.63) is 52.3 Å². The molecule has 0 spiro atoms. The summed E-state index contributed by atoms with van der Waals surface area (Å²) in [6.07, 6.45) is 0. The van der Waals surface area contributed by atoms with Crippen LogP contribution in [0.2, 0.25) is 0 Å². The molecule has 6 heteroatoms. The summed E-state index contributed by atoms with van der Waals surface area (Å²) in [6, 6.07) is 6.01. The molecule has 0 aliphatic rings. The van der Waals surface area contributed by atoms with Crippen LogP contribution < -0.4 is 5.32 Å². The zero-order chi connectivity index (χ0) is 16.4. The highest BCUT2D eigenvalue weighted by molar-refractivity contribution is 5.95. The zero-order valence-corrected chi connectivity index (χ0v) is 13.0. The molecular weight excluding hydrogens is 282 g/mol. The molecule has 1 aromatic carbocycles. The van der Waals surface area contributed by atoms with Crippen LogP contribution in [0, 0.1) is 20.8 Å². The van der Waals surface area contributed by atoms with Crippen molar-refractivity contribution in [2.45, 2.75) is 26.8 Å². The number of aliphatic carboxylic acids is 1. The third kappa shape index (κ3) is 3.33. The van der Waals surface area contributed by atoms with E-state index in [0.29, 0.717) is 17.0 Å². The minimum Gasteiger partial charge on any atom is -0.479 e. The summed E-state index contributed by atoms with van der Waals surface area (Å²) in [6.45, 7) is 5.55. The Morgan fingerprint density at radius 2 is 1.73 bits per heavy atom. The highest BCUT2D eigenvalue weighted by atomic mass is 16.4. The van der Waals surface area contributed by atoms with Gasteiger partial charge in [0.05, 0.1) is 5.69 Å². The lowest BCUT2D eigenvalue weighted by molar-refractivity contribution is -0.139. The highest BCUT2D eigenvalue weighted by Crippen LogP contribution is 2.18. The van der Waals surface area contributed by atoms with Gasteiger partial charge in [-0.2, -0.15) is 5.10 Å². The first kappa shape index (κ1) is 15.8. The van der Waals surface area contributed by atoms with Crippen molar-refractivity contribution in [3.8, 4) is 0 Å². The Bertz CT molecular complexity index is 714. The van der Waals surface area contributed by atoms with Crippen molar-refractivity contribution in [2.24, 2.45) is 7.05 Å². The third-order valence-electron chi connectivity index (χ3n) is 3.33. The van der Waals surface area contributed by atoms with Crippen LogP contribution in [-0.4, -0.2) is 26.8 Å². The molecule has 1 heterocycles. The van der Waals surface area contributed by atoms with Crippen molar-refractivity contribution in [3.63, 3.8) is 0 Å². The smallest absolute Gasteiger partial charge is 0.330 e. The van der Waals surface area contributed by atoms with Gasteiger partial charge in [-0.1, -0.05) is 29.3 Å². The number of nitrogens with one attached hydrogen (secondary N) is 1. The fraction of sp³-hybridized carbons (Fsp3) is 0.312. The molecule has 116 valence electrons. The van der Waals surface area contributed by atoms with Crippen molar-refractivity contribution in [1.29, 1.82) is 0 Å². The molecule has 0 saturated carbocycles. The number of nitrogens with zero attached hydrogens (tertiary/aromatic N) is 2. The first-order valence-corrected chi connectivity index (χ1v) is 6.90. The summed E-state index contributed by atoms with van der Waals surface area (Å²) in [7, 11) is 1.65. The van der Waals surface area contributed by atoms with Crippen LogP contribution in [0.5, 0.6) is 0 Å². The number of carboxylic acid groups (broad SMARTS) is 1. The van der Waals surface area contributed by atoms with Gasteiger partial charge >= 0.3 is 5.97 Å². The van der Waals surface area contributed by atoms with Gasteiger partial charge in [0.2, 0.25) is 0 Å². The number of aromatic nitrogens is 2.